The number of hydrogen-bond donors (Lipinski definition) is 2. The van der Waals surface area contributed by atoms with E-state index in [1.165, 1.54) is 0 Å². The average Bonchev–Trinajstić information content (AvgIpc) is 2.45. The minimum atomic E-state index is -3.50. The Morgan fingerprint density at radius 1 is 1.00 bits per heavy atom. The third-order valence-electron chi connectivity index (χ3n) is 3.34. The maximum absolute atomic E-state index is 12.3. The monoisotopic (exact) mass is 304 g/mol. The van der Waals surface area contributed by atoms with Crippen LogP contribution >= 0.6 is 0 Å². The van der Waals surface area contributed by atoms with Crippen molar-refractivity contribution in [2.75, 3.05) is 0 Å². The smallest absolute Gasteiger partial charge is 0.241 e. The van der Waals surface area contributed by atoms with Gasteiger partial charge in [0, 0.05) is 13.1 Å². The molecule has 0 bridgehead atoms. The highest BCUT2D eigenvalue weighted by Crippen LogP contribution is 2.16. The highest BCUT2D eigenvalue weighted by atomic mass is 32.2. The van der Waals surface area contributed by atoms with Crippen molar-refractivity contribution in [1.29, 1.82) is 0 Å². The van der Waals surface area contributed by atoms with Crippen LogP contribution in [-0.4, -0.2) is 8.42 Å². The van der Waals surface area contributed by atoms with Crippen molar-refractivity contribution >= 4 is 10.0 Å². The molecule has 3 N–H and O–H groups in total. The predicted octanol–water partition coefficient (Wildman–Crippen LogP) is 2.24. The van der Waals surface area contributed by atoms with Crippen LogP contribution in [0.4, 0.5) is 0 Å². The van der Waals surface area contributed by atoms with Gasteiger partial charge in [0.2, 0.25) is 10.0 Å². The SMILES string of the molecule is Cc1ccc(S(=O)(=O)NCc2ccc(CN)cc2)c(C)c1. The average molecular weight is 304 g/mol. The molecule has 0 aliphatic rings. The van der Waals surface area contributed by atoms with E-state index in [2.05, 4.69) is 4.72 Å². The molecule has 5 heteroatoms. The van der Waals surface area contributed by atoms with Crippen molar-refractivity contribution in [2.24, 2.45) is 5.73 Å². The van der Waals surface area contributed by atoms with E-state index >= 15 is 0 Å². The third kappa shape index (κ3) is 3.91. The zero-order valence-corrected chi connectivity index (χ0v) is 13.1. The highest BCUT2D eigenvalue weighted by Gasteiger charge is 2.16. The molecular weight excluding hydrogens is 284 g/mol. The summed E-state index contributed by atoms with van der Waals surface area (Å²) in [4.78, 5) is 0.326. The predicted molar refractivity (Wildman–Crippen MR) is 84.3 cm³/mol. The lowest BCUT2D eigenvalue weighted by Crippen LogP contribution is -2.24. The van der Waals surface area contributed by atoms with Gasteiger partial charge in [0.05, 0.1) is 4.90 Å². The summed E-state index contributed by atoms with van der Waals surface area (Å²) < 4.78 is 27.3. The maximum atomic E-state index is 12.3. The number of nitrogens with two attached hydrogens (primary N) is 1. The number of sulfonamides is 1. The summed E-state index contributed by atoms with van der Waals surface area (Å²) in [5.41, 5.74) is 9.26. The summed E-state index contributed by atoms with van der Waals surface area (Å²) in [5.74, 6) is 0. The summed E-state index contributed by atoms with van der Waals surface area (Å²) in [6, 6.07) is 12.9. The first kappa shape index (κ1) is 15.7. The van der Waals surface area contributed by atoms with Gasteiger partial charge in [-0.3, -0.25) is 0 Å². The van der Waals surface area contributed by atoms with Gasteiger partial charge in [-0.2, -0.15) is 0 Å². The molecular formula is C16H20N2O2S. The van der Waals surface area contributed by atoms with Crippen LogP contribution < -0.4 is 10.5 Å². The van der Waals surface area contributed by atoms with E-state index in [9.17, 15) is 8.42 Å². The van der Waals surface area contributed by atoms with E-state index < -0.39 is 10.0 Å². The Hall–Kier alpha value is -1.69. The number of benzene rings is 2. The molecule has 0 aromatic heterocycles. The topological polar surface area (TPSA) is 72.2 Å². The van der Waals surface area contributed by atoms with Crippen LogP contribution in [0.15, 0.2) is 47.4 Å². The Morgan fingerprint density at radius 3 is 2.19 bits per heavy atom. The van der Waals surface area contributed by atoms with Gasteiger partial charge < -0.3 is 5.73 Å². The Bertz CT molecular complexity index is 722. The van der Waals surface area contributed by atoms with Crippen molar-refractivity contribution in [3.63, 3.8) is 0 Å². The first-order valence-corrected chi connectivity index (χ1v) is 8.25. The molecule has 0 fully saturated rings. The molecule has 4 nitrogen and oxygen atoms in total. The van der Waals surface area contributed by atoms with Crippen molar-refractivity contribution in [3.05, 3.63) is 64.7 Å². The van der Waals surface area contributed by atoms with E-state index in [0.717, 1.165) is 22.3 Å². The molecule has 21 heavy (non-hydrogen) atoms. The molecule has 0 unspecified atom stereocenters. The van der Waals surface area contributed by atoms with Crippen LogP contribution in [0.3, 0.4) is 0 Å². The van der Waals surface area contributed by atoms with Crippen LogP contribution in [-0.2, 0) is 23.1 Å². The second kappa shape index (κ2) is 6.39. The Labute approximate surface area is 126 Å². The third-order valence-corrected chi connectivity index (χ3v) is 4.91. The van der Waals surface area contributed by atoms with Crippen LogP contribution in [0.5, 0.6) is 0 Å². The van der Waals surface area contributed by atoms with Crippen LogP contribution in [0.25, 0.3) is 0 Å². The van der Waals surface area contributed by atoms with Gasteiger partial charge >= 0.3 is 0 Å². The van der Waals surface area contributed by atoms with Crippen molar-refractivity contribution in [3.8, 4) is 0 Å². The number of nitrogens with one attached hydrogen (secondary N) is 1. The van der Waals surface area contributed by atoms with Crippen molar-refractivity contribution < 1.29 is 8.42 Å². The first-order valence-electron chi connectivity index (χ1n) is 6.77. The van der Waals surface area contributed by atoms with E-state index in [-0.39, 0.29) is 6.54 Å². The fourth-order valence-electron chi connectivity index (χ4n) is 2.15. The molecule has 2 aromatic carbocycles. The molecule has 0 saturated heterocycles. The van der Waals surface area contributed by atoms with Gasteiger partial charge in [-0.15, -0.1) is 0 Å². The zero-order chi connectivity index (χ0) is 15.5. The Morgan fingerprint density at radius 2 is 1.62 bits per heavy atom. The fourth-order valence-corrected chi connectivity index (χ4v) is 3.39. The van der Waals surface area contributed by atoms with Crippen LogP contribution in [0.1, 0.15) is 22.3 Å². The normalized spacial score (nSPS) is 11.6. The number of aryl methyl sites for hydroxylation is 2. The van der Waals surface area contributed by atoms with Crippen LogP contribution in [0, 0.1) is 13.8 Å². The lowest BCUT2D eigenvalue weighted by molar-refractivity contribution is 0.580. The summed E-state index contributed by atoms with van der Waals surface area (Å²) in [5, 5.41) is 0. The molecule has 112 valence electrons. The van der Waals surface area contributed by atoms with Gasteiger partial charge in [-0.1, -0.05) is 42.0 Å². The van der Waals surface area contributed by atoms with Gasteiger partial charge in [0.1, 0.15) is 0 Å². The standard InChI is InChI=1S/C16H20N2O2S/c1-12-3-8-16(13(2)9-12)21(19,20)18-11-15-6-4-14(10-17)5-7-15/h3-9,18H,10-11,17H2,1-2H3. The largest absolute Gasteiger partial charge is 0.326 e. The molecule has 0 saturated carbocycles. The van der Waals surface area contributed by atoms with Gasteiger partial charge in [-0.05, 0) is 36.6 Å². The molecule has 0 spiro atoms. The molecule has 0 aliphatic carbocycles. The minimum absolute atomic E-state index is 0.264. The minimum Gasteiger partial charge on any atom is -0.326 e. The summed E-state index contributed by atoms with van der Waals surface area (Å²) in [6.07, 6.45) is 0. The Kier molecular flexibility index (Phi) is 4.77. The van der Waals surface area contributed by atoms with Gasteiger partial charge in [0.15, 0.2) is 0 Å². The summed E-state index contributed by atoms with van der Waals surface area (Å²) >= 11 is 0. The van der Waals surface area contributed by atoms with E-state index in [4.69, 9.17) is 5.73 Å². The molecule has 2 aromatic rings. The first-order chi connectivity index (χ1) is 9.92. The van der Waals surface area contributed by atoms with E-state index in [1.807, 2.05) is 37.3 Å². The van der Waals surface area contributed by atoms with Crippen molar-refractivity contribution in [1.82, 2.24) is 4.72 Å². The number of hydrogen-bond acceptors (Lipinski definition) is 3. The lowest BCUT2D eigenvalue weighted by Gasteiger charge is -2.10. The molecule has 2 rings (SSSR count). The lowest BCUT2D eigenvalue weighted by atomic mass is 10.1. The highest BCUT2D eigenvalue weighted by molar-refractivity contribution is 7.89. The van der Waals surface area contributed by atoms with Gasteiger partial charge in [-0.25, -0.2) is 13.1 Å². The Balaban J connectivity index is 2.13. The quantitative estimate of drug-likeness (QED) is 0.890. The molecule has 0 amide bonds. The molecule has 0 radical (unpaired) electrons. The molecule has 0 aliphatic heterocycles. The second-order valence-corrected chi connectivity index (χ2v) is 6.85. The molecule has 0 atom stereocenters. The van der Waals surface area contributed by atoms with Crippen molar-refractivity contribution in [2.45, 2.75) is 31.8 Å². The fraction of sp³-hybridized carbons (Fsp3) is 0.250. The maximum Gasteiger partial charge on any atom is 0.241 e. The van der Waals surface area contributed by atoms with E-state index in [0.29, 0.717) is 11.4 Å². The summed E-state index contributed by atoms with van der Waals surface area (Å²) in [7, 11) is -3.50. The summed E-state index contributed by atoms with van der Waals surface area (Å²) in [6.45, 7) is 4.49. The number of rotatable bonds is 5. The molecule has 0 heterocycles. The van der Waals surface area contributed by atoms with Gasteiger partial charge in [0.25, 0.3) is 0 Å². The second-order valence-electron chi connectivity index (χ2n) is 5.11. The van der Waals surface area contributed by atoms with Crippen LogP contribution in [0.2, 0.25) is 0 Å². The zero-order valence-electron chi connectivity index (χ0n) is 12.3. The van der Waals surface area contributed by atoms with E-state index in [1.54, 1.807) is 19.1 Å².